The van der Waals surface area contributed by atoms with Crippen molar-refractivity contribution < 1.29 is 14.6 Å². The number of aromatic hydroxyl groups is 1. The lowest BCUT2D eigenvalue weighted by Gasteiger charge is -2.34. The Labute approximate surface area is 159 Å². The van der Waals surface area contributed by atoms with Gasteiger partial charge in [0.15, 0.2) is 11.5 Å². The van der Waals surface area contributed by atoms with Crippen molar-refractivity contribution in [3.05, 3.63) is 52.5 Å². The zero-order chi connectivity index (χ0) is 18.5. The van der Waals surface area contributed by atoms with Crippen LogP contribution in [-0.2, 0) is 13.1 Å². The molecule has 6 heteroatoms. The quantitative estimate of drug-likeness (QED) is 0.837. The summed E-state index contributed by atoms with van der Waals surface area (Å²) in [6.45, 7) is 5.74. The van der Waals surface area contributed by atoms with E-state index in [0.717, 1.165) is 49.9 Å². The van der Waals surface area contributed by atoms with E-state index >= 15 is 0 Å². The lowest BCUT2D eigenvalue weighted by atomic mass is 10.1. The molecule has 0 radical (unpaired) electrons. The molecular weight excluding hydrogens is 352 g/mol. The number of hydrogen-bond acceptors (Lipinski definition) is 5. The Balaban J connectivity index is 1.57. The number of phenols is 1. The second-order valence-corrected chi connectivity index (χ2v) is 6.97. The minimum atomic E-state index is 0.0464. The Morgan fingerprint density at radius 3 is 1.92 bits per heavy atom. The van der Waals surface area contributed by atoms with Gasteiger partial charge in [-0.3, -0.25) is 9.80 Å². The van der Waals surface area contributed by atoms with Crippen molar-refractivity contribution in [2.45, 2.75) is 13.1 Å². The molecule has 1 aliphatic rings. The molecule has 1 saturated heterocycles. The van der Waals surface area contributed by atoms with Crippen LogP contribution in [0.15, 0.2) is 36.4 Å². The predicted molar refractivity (Wildman–Crippen MR) is 103 cm³/mol. The normalized spacial score (nSPS) is 15.8. The van der Waals surface area contributed by atoms with Crippen molar-refractivity contribution >= 4 is 11.6 Å². The summed E-state index contributed by atoms with van der Waals surface area (Å²) in [6, 6.07) is 11.8. The highest BCUT2D eigenvalue weighted by molar-refractivity contribution is 6.30. The van der Waals surface area contributed by atoms with Crippen LogP contribution in [0.4, 0.5) is 0 Å². The molecule has 2 aromatic rings. The summed E-state index contributed by atoms with van der Waals surface area (Å²) in [4.78, 5) is 4.85. The number of benzene rings is 2. The highest BCUT2D eigenvalue weighted by atomic mass is 35.5. The summed E-state index contributed by atoms with van der Waals surface area (Å²) in [6.07, 6.45) is 0. The van der Waals surface area contributed by atoms with Crippen molar-refractivity contribution in [2.24, 2.45) is 0 Å². The SMILES string of the molecule is COc1cc(CN2CCN(Cc3cccc(Cl)c3)CC2)cc(OC)c1O. The largest absolute Gasteiger partial charge is 0.502 e. The summed E-state index contributed by atoms with van der Waals surface area (Å²) in [5.41, 5.74) is 2.32. The van der Waals surface area contributed by atoms with Crippen LogP contribution >= 0.6 is 11.6 Å². The Morgan fingerprint density at radius 2 is 1.42 bits per heavy atom. The number of ether oxygens (including phenoxy) is 2. The van der Waals surface area contributed by atoms with E-state index in [9.17, 15) is 5.11 Å². The lowest BCUT2D eigenvalue weighted by Crippen LogP contribution is -2.45. The third-order valence-electron chi connectivity index (χ3n) is 4.71. The van der Waals surface area contributed by atoms with Gasteiger partial charge in [-0.15, -0.1) is 0 Å². The van der Waals surface area contributed by atoms with Gasteiger partial charge >= 0.3 is 0 Å². The van der Waals surface area contributed by atoms with Gasteiger partial charge in [-0.25, -0.2) is 0 Å². The van der Waals surface area contributed by atoms with E-state index in [1.54, 1.807) is 14.2 Å². The van der Waals surface area contributed by atoms with Gasteiger partial charge in [0.1, 0.15) is 0 Å². The molecule has 1 fully saturated rings. The van der Waals surface area contributed by atoms with Crippen LogP contribution in [0.25, 0.3) is 0 Å². The number of nitrogens with zero attached hydrogens (tertiary/aromatic N) is 2. The van der Waals surface area contributed by atoms with Crippen LogP contribution in [0.2, 0.25) is 5.02 Å². The van der Waals surface area contributed by atoms with Crippen molar-refractivity contribution in [3.63, 3.8) is 0 Å². The number of piperazine rings is 1. The second kappa shape index (κ2) is 8.62. The molecule has 2 aromatic carbocycles. The van der Waals surface area contributed by atoms with E-state index in [1.807, 2.05) is 30.3 Å². The summed E-state index contributed by atoms with van der Waals surface area (Å²) < 4.78 is 10.5. The highest BCUT2D eigenvalue weighted by Crippen LogP contribution is 2.37. The van der Waals surface area contributed by atoms with Gasteiger partial charge in [-0.05, 0) is 35.4 Å². The number of phenolic OH excluding ortho intramolecular Hbond substituents is 1. The highest BCUT2D eigenvalue weighted by Gasteiger charge is 2.19. The summed E-state index contributed by atoms with van der Waals surface area (Å²) >= 11 is 6.07. The van der Waals surface area contributed by atoms with Crippen molar-refractivity contribution in [2.75, 3.05) is 40.4 Å². The molecule has 0 unspecified atom stereocenters. The van der Waals surface area contributed by atoms with Gasteiger partial charge in [-0.2, -0.15) is 0 Å². The molecule has 0 amide bonds. The number of hydrogen-bond donors (Lipinski definition) is 1. The van der Waals surface area contributed by atoms with Crippen LogP contribution in [0.3, 0.4) is 0 Å². The van der Waals surface area contributed by atoms with Gasteiger partial charge in [-0.1, -0.05) is 23.7 Å². The smallest absolute Gasteiger partial charge is 0.200 e. The summed E-state index contributed by atoms with van der Waals surface area (Å²) in [7, 11) is 3.10. The zero-order valence-electron chi connectivity index (χ0n) is 15.2. The average Bonchev–Trinajstić information content (AvgIpc) is 2.64. The molecule has 0 aromatic heterocycles. The fourth-order valence-corrected chi connectivity index (χ4v) is 3.51. The van der Waals surface area contributed by atoms with Gasteiger partial charge < -0.3 is 14.6 Å². The molecule has 1 N–H and O–H groups in total. The third-order valence-corrected chi connectivity index (χ3v) is 4.94. The molecule has 0 saturated carbocycles. The van der Waals surface area contributed by atoms with E-state index in [4.69, 9.17) is 21.1 Å². The molecule has 0 aliphatic carbocycles. The first-order chi connectivity index (χ1) is 12.6. The van der Waals surface area contributed by atoms with Gasteiger partial charge in [0.2, 0.25) is 5.75 Å². The molecule has 0 spiro atoms. The first-order valence-corrected chi connectivity index (χ1v) is 9.10. The van der Waals surface area contributed by atoms with Gasteiger partial charge in [0.25, 0.3) is 0 Å². The second-order valence-electron chi connectivity index (χ2n) is 6.53. The van der Waals surface area contributed by atoms with Gasteiger partial charge in [0, 0.05) is 44.3 Å². The molecule has 3 rings (SSSR count). The maximum Gasteiger partial charge on any atom is 0.200 e. The number of methoxy groups -OCH3 is 2. The molecule has 26 heavy (non-hydrogen) atoms. The Bertz CT molecular complexity index is 721. The maximum absolute atomic E-state index is 10.0. The predicted octanol–water partition coefficient (Wildman–Crippen LogP) is 3.38. The lowest BCUT2D eigenvalue weighted by molar-refractivity contribution is 0.122. The minimum Gasteiger partial charge on any atom is -0.502 e. The minimum absolute atomic E-state index is 0.0464. The molecule has 0 atom stereocenters. The molecule has 0 bridgehead atoms. The van der Waals surface area contributed by atoms with Crippen LogP contribution in [0.1, 0.15) is 11.1 Å². The molecule has 5 nitrogen and oxygen atoms in total. The van der Waals surface area contributed by atoms with Crippen molar-refractivity contribution in [1.82, 2.24) is 9.80 Å². The molecular formula is C20H25ClN2O3. The van der Waals surface area contributed by atoms with Crippen molar-refractivity contribution in [1.29, 1.82) is 0 Å². The van der Waals surface area contributed by atoms with E-state index in [1.165, 1.54) is 5.56 Å². The standard InChI is InChI=1S/C20H25ClN2O3/c1-25-18-11-16(12-19(26-2)20(18)24)14-23-8-6-22(7-9-23)13-15-4-3-5-17(21)10-15/h3-5,10-12,24H,6-9,13-14H2,1-2H3. The van der Waals surface area contributed by atoms with Crippen LogP contribution in [0.5, 0.6) is 17.2 Å². The maximum atomic E-state index is 10.0. The van der Waals surface area contributed by atoms with Crippen molar-refractivity contribution in [3.8, 4) is 17.2 Å². The van der Waals surface area contributed by atoms with E-state index in [2.05, 4.69) is 15.9 Å². The first-order valence-electron chi connectivity index (χ1n) is 8.72. The summed E-state index contributed by atoms with van der Waals surface area (Å²) in [5, 5.41) is 10.8. The molecule has 140 valence electrons. The zero-order valence-corrected chi connectivity index (χ0v) is 16.0. The van der Waals surface area contributed by atoms with E-state index < -0.39 is 0 Å². The Kier molecular flexibility index (Phi) is 6.25. The van der Waals surface area contributed by atoms with E-state index in [-0.39, 0.29) is 5.75 Å². The van der Waals surface area contributed by atoms with E-state index in [0.29, 0.717) is 11.5 Å². The topological polar surface area (TPSA) is 45.2 Å². The number of rotatable bonds is 6. The summed E-state index contributed by atoms with van der Waals surface area (Å²) in [5.74, 6) is 0.933. The van der Waals surface area contributed by atoms with Crippen LogP contribution in [0, 0.1) is 0 Å². The van der Waals surface area contributed by atoms with Crippen LogP contribution in [-0.4, -0.2) is 55.3 Å². The third kappa shape index (κ3) is 4.61. The Hall–Kier alpha value is -1.95. The van der Waals surface area contributed by atoms with Gasteiger partial charge in [0.05, 0.1) is 14.2 Å². The fraction of sp³-hybridized carbons (Fsp3) is 0.400. The first kappa shape index (κ1) is 18.8. The molecule has 1 aliphatic heterocycles. The monoisotopic (exact) mass is 376 g/mol. The Morgan fingerprint density at radius 1 is 0.885 bits per heavy atom. The number of halogens is 1. The average molecular weight is 377 g/mol. The fourth-order valence-electron chi connectivity index (χ4n) is 3.30. The molecule has 1 heterocycles. The van der Waals surface area contributed by atoms with Crippen LogP contribution < -0.4 is 9.47 Å².